The number of thiol groups is 1. The summed E-state index contributed by atoms with van der Waals surface area (Å²) in [6.45, 7) is 16.6. The lowest BCUT2D eigenvalue weighted by molar-refractivity contribution is -0.161. The van der Waals surface area contributed by atoms with Gasteiger partial charge in [-0.3, -0.25) is 4.79 Å². The van der Waals surface area contributed by atoms with Gasteiger partial charge in [-0.15, -0.1) is 0 Å². The molecule has 0 amide bonds. The van der Waals surface area contributed by atoms with Crippen molar-refractivity contribution in [1.29, 1.82) is 0 Å². The van der Waals surface area contributed by atoms with Crippen molar-refractivity contribution in [2.75, 3.05) is 25.9 Å². The molecule has 3 aliphatic carbocycles. The normalized spacial score (nSPS) is 27.9. The molecule has 6 unspecified atom stereocenters. The molecule has 1 aromatic carbocycles. The van der Waals surface area contributed by atoms with Crippen molar-refractivity contribution in [1.82, 2.24) is 4.90 Å². The van der Waals surface area contributed by atoms with E-state index in [4.69, 9.17) is 9.47 Å². The Labute approximate surface area is 297 Å². The molecule has 5 nitrogen and oxygen atoms in total. The molecule has 2 radical (unpaired) electrons. The molecule has 0 spiro atoms. The number of carbonyl (C=O) groups excluding carboxylic acids is 2. The Morgan fingerprint density at radius 2 is 1.76 bits per heavy atom. The van der Waals surface area contributed by atoms with Crippen molar-refractivity contribution < 1.29 is 41.0 Å². The molecular formula is C37H57BF5NO4S. The van der Waals surface area contributed by atoms with Crippen molar-refractivity contribution >= 4 is 32.4 Å². The van der Waals surface area contributed by atoms with Gasteiger partial charge in [-0.1, -0.05) is 61.0 Å². The average Bonchev–Trinajstić information content (AvgIpc) is 3.54. The van der Waals surface area contributed by atoms with E-state index >= 15 is 0 Å². The van der Waals surface area contributed by atoms with E-state index in [0.29, 0.717) is 29.4 Å². The third-order valence-corrected chi connectivity index (χ3v) is 10.7. The number of likely N-dealkylation sites (tertiary alicyclic amines) is 1. The summed E-state index contributed by atoms with van der Waals surface area (Å²) in [4.78, 5) is 26.7. The van der Waals surface area contributed by atoms with Gasteiger partial charge in [-0.05, 0) is 104 Å². The maximum Gasteiger partial charge on any atom is 0.514 e. The number of ether oxygens (including phenoxy) is 2. The molecule has 278 valence electrons. The SMILES string of the molecule is CC.CCC(C)(C)C.CN1CCC(OC(=O)Oc2ccc3c(c2)CCC2C3CCC3(C)C(=O)C(F)CC23)C1.[B]C(F)(F)C(F)(F)CCCS. The van der Waals surface area contributed by atoms with Crippen LogP contribution in [0.3, 0.4) is 0 Å². The predicted octanol–water partition coefficient (Wildman–Crippen LogP) is 9.84. The first kappa shape index (κ1) is 43.3. The van der Waals surface area contributed by atoms with Crippen LogP contribution in [0, 0.1) is 22.7 Å². The fourth-order valence-corrected chi connectivity index (χ4v) is 7.24. The van der Waals surface area contributed by atoms with E-state index in [9.17, 15) is 31.5 Å². The van der Waals surface area contributed by atoms with E-state index < -0.39 is 35.9 Å². The standard InChI is InChI=1S/C24H30FNO4.C6H14.C5H7BF4S.C2H6/c1-24-9-7-18-17-6-4-15(29-23(28)30-16-8-10-26(2)13-16)11-14(17)3-5-19(18)20(24)12-21(25)22(24)27;1-5-6(2,3)4;6-5(9,10)4(7,8)2-1-3-11;1-2/h4,6,11,16,18-21H,3,5,7-10,12-13H2,1-2H3;5H2,1-4H3;11H,1-3H2;1-2H3. The summed E-state index contributed by atoms with van der Waals surface area (Å²) < 4.78 is 73.2. The summed E-state index contributed by atoms with van der Waals surface area (Å²) >= 11 is 3.61. The summed E-state index contributed by atoms with van der Waals surface area (Å²) in [5, 5.41) is 0. The van der Waals surface area contributed by atoms with Gasteiger partial charge >= 0.3 is 6.16 Å². The Kier molecular flexibility index (Phi) is 16.0. The number of nitrogens with zero attached hydrogens (tertiary/aromatic N) is 1. The van der Waals surface area contributed by atoms with Crippen LogP contribution in [0.2, 0.25) is 0 Å². The Bertz CT molecular complexity index is 1230. The molecule has 0 N–H and O–H groups in total. The van der Waals surface area contributed by atoms with Crippen LogP contribution in [0.25, 0.3) is 0 Å². The molecule has 1 aromatic rings. The number of fused-ring (bicyclic) bond motifs is 5. The van der Waals surface area contributed by atoms with Crippen LogP contribution in [0.4, 0.5) is 26.7 Å². The number of hydrogen-bond donors (Lipinski definition) is 1. The molecule has 3 fully saturated rings. The molecular weight excluding hydrogens is 660 g/mol. The first-order chi connectivity index (χ1) is 22.7. The number of aryl methyl sites for hydroxylation is 1. The number of benzene rings is 1. The summed E-state index contributed by atoms with van der Waals surface area (Å²) in [5.41, 5.74) is 2.53. The van der Waals surface area contributed by atoms with Gasteiger partial charge in [-0.2, -0.15) is 12.6 Å². The third-order valence-electron chi connectivity index (χ3n) is 10.4. The topological polar surface area (TPSA) is 55.8 Å². The molecule has 12 heteroatoms. The molecule has 0 bridgehead atoms. The quantitative estimate of drug-likeness (QED) is 0.104. The smallest absolute Gasteiger partial charge is 0.429 e. The van der Waals surface area contributed by atoms with Crippen LogP contribution < -0.4 is 4.74 Å². The van der Waals surface area contributed by atoms with E-state index in [1.165, 1.54) is 17.5 Å². The average molecular weight is 718 g/mol. The predicted molar refractivity (Wildman–Crippen MR) is 189 cm³/mol. The number of carbonyl (C=O) groups is 2. The van der Waals surface area contributed by atoms with Crippen LogP contribution in [-0.2, 0) is 16.0 Å². The molecule has 6 atom stereocenters. The maximum atomic E-state index is 14.2. The molecule has 1 aliphatic heterocycles. The lowest BCUT2D eigenvalue weighted by atomic mass is 9.55. The van der Waals surface area contributed by atoms with Gasteiger partial charge in [0.15, 0.2) is 19.8 Å². The van der Waals surface area contributed by atoms with Crippen LogP contribution in [0.1, 0.15) is 117 Å². The second-order valence-electron chi connectivity index (χ2n) is 15.0. The fraction of sp³-hybridized carbons (Fsp3) is 0.784. The zero-order valence-corrected chi connectivity index (χ0v) is 31.5. The molecule has 4 aliphatic rings. The van der Waals surface area contributed by atoms with Gasteiger partial charge in [-0.25, -0.2) is 26.7 Å². The molecule has 0 aromatic heterocycles. The van der Waals surface area contributed by atoms with Crippen LogP contribution in [0.5, 0.6) is 5.75 Å². The van der Waals surface area contributed by atoms with Crippen molar-refractivity contribution in [3.63, 3.8) is 0 Å². The summed E-state index contributed by atoms with van der Waals surface area (Å²) in [7, 11) is 5.95. The Morgan fingerprint density at radius 3 is 2.29 bits per heavy atom. The molecule has 1 heterocycles. The number of Topliss-reactive ketones (excluding diaryl/α,β-unsaturated/α-hetero) is 1. The highest BCUT2D eigenvalue weighted by Crippen LogP contribution is 2.60. The highest BCUT2D eigenvalue weighted by Gasteiger charge is 2.58. The monoisotopic (exact) mass is 717 g/mol. The molecule has 2 saturated carbocycles. The first-order valence-electron chi connectivity index (χ1n) is 17.8. The van der Waals surface area contributed by atoms with Gasteiger partial charge in [0.05, 0.1) is 0 Å². The summed E-state index contributed by atoms with van der Waals surface area (Å²) in [6, 6.07) is 5.86. The van der Waals surface area contributed by atoms with E-state index in [1.807, 2.05) is 40.0 Å². The second kappa shape index (κ2) is 18.1. The van der Waals surface area contributed by atoms with Gasteiger partial charge in [0.1, 0.15) is 11.9 Å². The number of halogens is 5. The van der Waals surface area contributed by atoms with E-state index in [1.54, 1.807) is 0 Å². The van der Waals surface area contributed by atoms with Crippen molar-refractivity contribution in [3.8, 4) is 5.75 Å². The summed E-state index contributed by atoms with van der Waals surface area (Å²) in [5.74, 6) is -7.19. The number of alkyl halides is 5. The van der Waals surface area contributed by atoms with Gasteiger partial charge in [0.2, 0.25) is 0 Å². The lowest BCUT2D eigenvalue weighted by Crippen LogP contribution is -2.42. The largest absolute Gasteiger partial charge is 0.514 e. The number of hydrogen-bond acceptors (Lipinski definition) is 6. The lowest BCUT2D eigenvalue weighted by Gasteiger charge is -2.48. The van der Waals surface area contributed by atoms with Crippen molar-refractivity contribution in [2.45, 2.75) is 136 Å². The van der Waals surface area contributed by atoms with Gasteiger partial charge in [0, 0.05) is 24.9 Å². The van der Waals surface area contributed by atoms with Crippen LogP contribution in [0.15, 0.2) is 18.2 Å². The second-order valence-corrected chi connectivity index (χ2v) is 15.5. The van der Waals surface area contributed by atoms with Gasteiger partial charge < -0.3 is 14.4 Å². The minimum absolute atomic E-state index is 0.0805. The first-order valence-corrected chi connectivity index (χ1v) is 18.4. The van der Waals surface area contributed by atoms with E-state index in [-0.39, 0.29) is 30.0 Å². The minimum atomic E-state index is -4.42. The van der Waals surface area contributed by atoms with Gasteiger partial charge in [0.25, 0.3) is 11.7 Å². The van der Waals surface area contributed by atoms with Crippen molar-refractivity contribution in [2.24, 2.45) is 22.7 Å². The third kappa shape index (κ3) is 11.6. The molecule has 49 heavy (non-hydrogen) atoms. The fourth-order valence-electron chi connectivity index (χ4n) is 7.09. The Balaban J connectivity index is 0.000000365. The molecule has 5 rings (SSSR count). The zero-order chi connectivity index (χ0) is 37.4. The minimum Gasteiger partial charge on any atom is -0.429 e. The zero-order valence-electron chi connectivity index (χ0n) is 30.6. The van der Waals surface area contributed by atoms with Crippen LogP contribution >= 0.6 is 12.6 Å². The van der Waals surface area contributed by atoms with E-state index in [2.05, 4.69) is 59.1 Å². The van der Waals surface area contributed by atoms with Crippen LogP contribution in [-0.4, -0.2) is 74.6 Å². The highest BCUT2D eigenvalue weighted by atomic mass is 32.1. The maximum absolute atomic E-state index is 14.2. The molecule has 1 saturated heterocycles. The van der Waals surface area contributed by atoms with E-state index in [0.717, 1.165) is 45.2 Å². The Hall–Kier alpha value is -1.82. The highest BCUT2D eigenvalue weighted by molar-refractivity contribution is 7.80. The van der Waals surface area contributed by atoms with Crippen molar-refractivity contribution in [3.05, 3.63) is 29.3 Å². The summed E-state index contributed by atoms with van der Waals surface area (Å²) in [6.07, 6.45) is 2.95. The Morgan fingerprint density at radius 1 is 1.12 bits per heavy atom. The number of ketones is 1. The number of likely N-dealkylation sites (N-methyl/N-ethyl adjacent to an activating group) is 1. The number of rotatable bonds is 6.